The van der Waals surface area contributed by atoms with Crippen molar-refractivity contribution in [1.82, 2.24) is 4.90 Å². The van der Waals surface area contributed by atoms with Gasteiger partial charge in [0, 0.05) is 35.7 Å². The van der Waals surface area contributed by atoms with Crippen LogP contribution >= 0.6 is 0 Å². The molecule has 0 radical (unpaired) electrons. The van der Waals surface area contributed by atoms with Gasteiger partial charge in [0.15, 0.2) is 11.5 Å². The summed E-state index contributed by atoms with van der Waals surface area (Å²) in [5.41, 5.74) is 2.94. The van der Waals surface area contributed by atoms with Crippen molar-refractivity contribution in [3.63, 3.8) is 0 Å². The predicted octanol–water partition coefficient (Wildman–Crippen LogP) is 4.45. The number of imide groups is 1. The summed E-state index contributed by atoms with van der Waals surface area (Å²) in [4.78, 5) is 28.1. The van der Waals surface area contributed by atoms with E-state index in [0.29, 0.717) is 46.5 Å². The molecule has 0 N–H and O–H groups in total. The summed E-state index contributed by atoms with van der Waals surface area (Å²) in [6.07, 6.45) is 0.722. The molecule has 8 nitrogen and oxygen atoms in total. The van der Waals surface area contributed by atoms with Gasteiger partial charge in [-0.15, -0.1) is 0 Å². The molecule has 39 heavy (non-hydrogen) atoms. The summed E-state index contributed by atoms with van der Waals surface area (Å²) < 4.78 is 40.4. The van der Waals surface area contributed by atoms with Crippen LogP contribution < -0.4 is 13.8 Å². The second-order valence-electron chi connectivity index (χ2n) is 9.49. The SMILES string of the molecule is COc1cc(CCN2C(=O)c3cccc4cccc(c34)C2=O)c(S(=O)(=O)N2CCc3ccccc32)cc1OC. The van der Waals surface area contributed by atoms with Crippen LogP contribution in [-0.4, -0.2) is 52.4 Å². The van der Waals surface area contributed by atoms with Crippen LogP contribution in [0, 0.1) is 0 Å². The predicted molar refractivity (Wildman–Crippen MR) is 147 cm³/mol. The lowest BCUT2D eigenvalue weighted by Gasteiger charge is -2.28. The summed E-state index contributed by atoms with van der Waals surface area (Å²) in [5.74, 6) is -0.164. The van der Waals surface area contributed by atoms with Gasteiger partial charge in [-0.25, -0.2) is 8.42 Å². The van der Waals surface area contributed by atoms with E-state index in [-0.39, 0.29) is 23.6 Å². The van der Waals surface area contributed by atoms with E-state index in [1.165, 1.54) is 29.5 Å². The van der Waals surface area contributed by atoms with Crippen LogP contribution in [0.2, 0.25) is 0 Å². The van der Waals surface area contributed by atoms with E-state index in [1.54, 1.807) is 36.4 Å². The molecule has 0 aliphatic carbocycles. The maximum absolute atomic E-state index is 14.0. The monoisotopic (exact) mass is 542 g/mol. The fraction of sp³-hybridized carbons (Fsp3) is 0.200. The minimum absolute atomic E-state index is 0.00300. The summed E-state index contributed by atoms with van der Waals surface area (Å²) in [7, 11) is -1.07. The Labute approximate surface area is 226 Å². The van der Waals surface area contributed by atoms with E-state index in [9.17, 15) is 18.0 Å². The standard InChI is InChI=1S/C30H26N2O6S/c1-37-25-17-21(13-15-31-29(33)22-10-5-8-20-9-6-11-23(28(20)22)30(31)34)27(18-26(25)38-2)39(35,36)32-16-14-19-7-3-4-12-24(19)32/h3-12,17-18H,13-16H2,1-2H3. The van der Waals surface area contributed by atoms with E-state index >= 15 is 0 Å². The third kappa shape index (κ3) is 3.92. The highest BCUT2D eigenvalue weighted by Gasteiger charge is 2.35. The first-order chi connectivity index (χ1) is 18.8. The van der Waals surface area contributed by atoms with Crippen LogP contribution in [0.4, 0.5) is 5.69 Å². The van der Waals surface area contributed by atoms with Crippen molar-refractivity contribution in [1.29, 1.82) is 0 Å². The maximum atomic E-state index is 14.0. The highest BCUT2D eigenvalue weighted by Crippen LogP contribution is 2.38. The summed E-state index contributed by atoms with van der Waals surface area (Å²) >= 11 is 0. The minimum atomic E-state index is -3.99. The molecule has 2 amide bonds. The van der Waals surface area contributed by atoms with Crippen molar-refractivity contribution >= 4 is 38.3 Å². The van der Waals surface area contributed by atoms with Crippen LogP contribution in [0.3, 0.4) is 0 Å². The second kappa shape index (κ2) is 9.43. The van der Waals surface area contributed by atoms with Gasteiger partial charge in [-0.2, -0.15) is 0 Å². The summed E-state index contributed by atoms with van der Waals surface area (Å²) in [5, 5.41) is 1.47. The van der Waals surface area contributed by atoms with Crippen molar-refractivity contribution in [2.24, 2.45) is 0 Å². The number of benzene rings is 4. The molecule has 0 bridgehead atoms. The number of hydrogen-bond donors (Lipinski definition) is 0. The fourth-order valence-corrected chi connectivity index (χ4v) is 7.28. The Morgan fingerprint density at radius 2 is 1.46 bits per heavy atom. The second-order valence-corrected chi connectivity index (χ2v) is 11.3. The van der Waals surface area contributed by atoms with Crippen LogP contribution in [0.15, 0.2) is 77.7 Å². The van der Waals surface area contributed by atoms with E-state index in [4.69, 9.17) is 9.47 Å². The van der Waals surface area contributed by atoms with Gasteiger partial charge in [-0.1, -0.05) is 42.5 Å². The third-order valence-electron chi connectivity index (χ3n) is 7.44. The first-order valence-electron chi connectivity index (χ1n) is 12.6. The molecule has 0 aromatic heterocycles. The number of ether oxygens (including phenoxy) is 2. The molecule has 198 valence electrons. The summed E-state index contributed by atoms with van der Waals surface area (Å²) in [6.45, 7) is 0.316. The van der Waals surface area contributed by atoms with Crippen molar-refractivity contribution in [3.05, 3.63) is 95.1 Å². The Kier molecular flexibility index (Phi) is 6.03. The number of rotatable bonds is 7. The summed E-state index contributed by atoms with van der Waals surface area (Å²) in [6, 6.07) is 21.2. The van der Waals surface area contributed by atoms with Gasteiger partial charge >= 0.3 is 0 Å². The normalized spacial score (nSPS) is 14.6. The molecule has 0 saturated carbocycles. The van der Waals surface area contributed by atoms with Gasteiger partial charge in [-0.3, -0.25) is 18.8 Å². The molecular weight excluding hydrogens is 516 g/mol. The lowest BCUT2D eigenvalue weighted by atomic mass is 9.94. The quantitative estimate of drug-likeness (QED) is 0.321. The number of methoxy groups -OCH3 is 2. The molecule has 0 unspecified atom stereocenters. The molecule has 0 saturated heterocycles. The zero-order chi connectivity index (χ0) is 27.3. The number of para-hydroxylation sites is 1. The zero-order valence-corrected chi connectivity index (χ0v) is 22.3. The number of carbonyl (C=O) groups excluding carboxylic acids is 2. The Balaban J connectivity index is 1.39. The van der Waals surface area contributed by atoms with Gasteiger partial charge < -0.3 is 9.47 Å². The highest BCUT2D eigenvalue weighted by molar-refractivity contribution is 7.93. The van der Waals surface area contributed by atoms with Crippen molar-refractivity contribution in [2.45, 2.75) is 17.7 Å². The van der Waals surface area contributed by atoms with E-state index in [2.05, 4.69) is 0 Å². The zero-order valence-electron chi connectivity index (χ0n) is 21.5. The van der Waals surface area contributed by atoms with Crippen LogP contribution in [0.1, 0.15) is 31.8 Å². The van der Waals surface area contributed by atoms with Crippen LogP contribution in [-0.2, 0) is 22.9 Å². The van der Waals surface area contributed by atoms with Gasteiger partial charge in [0.1, 0.15) is 0 Å². The molecular formula is C30H26N2O6S. The molecule has 2 heterocycles. The smallest absolute Gasteiger partial charge is 0.264 e. The molecule has 0 atom stereocenters. The van der Waals surface area contributed by atoms with Gasteiger partial charge in [-0.05, 0) is 53.6 Å². The first kappa shape index (κ1) is 24.9. The number of fused-ring (bicyclic) bond motifs is 1. The number of amides is 2. The average molecular weight is 543 g/mol. The lowest BCUT2D eigenvalue weighted by Crippen LogP contribution is -2.41. The number of anilines is 1. The molecule has 4 aromatic carbocycles. The number of carbonyl (C=O) groups is 2. The maximum Gasteiger partial charge on any atom is 0.264 e. The van der Waals surface area contributed by atoms with Crippen molar-refractivity contribution < 1.29 is 27.5 Å². The van der Waals surface area contributed by atoms with E-state index in [0.717, 1.165) is 10.9 Å². The van der Waals surface area contributed by atoms with Crippen LogP contribution in [0.25, 0.3) is 10.8 Å². The van der Waals surface area contributed by atoms with Gasteiger partial charge in [0.2, 0.25) is 0 Å². The Morgan fingerprint density at radius 1 is 0.821 bits per heavy atom. The molecule has 9 heteroatoms. The van der Waals surface area contributed by atoms with Gasteiger partial charge in [0.25, 0.3) is 21.8 Å². The van der Waals surface area contributed by atoms with Crippen molar-refractivity contribution in [2.75, 3.05) is 31.6 Å². The third-order valence-corrected chi connectivity index (χ3v) is 9.34. The Morgan fingerprint density at radius 3 is 2.13 bits per heavy atom. The Bertz CT molecular complexity index is 1710. The molecule has 4 aromatic rings. The Hall–Kier alpha value is -4.37. The fourth-order valence-electron chi connectivity index (χ4n) is 5.53. The largest absolute Gasteiger partial charge is 0.493 e. The first-order valence-corrected chi connectivity index (χ1v) is 14.0. The molecule has 0 spiro atoms. The molecule has 6 rings (SSSR count). The van der Waals surface area contributed by atoms with E-state index < -0.39 is 21.8 Å². The topological polar surface area (TPSA) is 93.2 Å². The van der Waals surface area contributed by atoms with Gasteiger partial charge in [0.05, 0.1) is 24.8 Å². The number of hydrogen-bond acceptors (Lipinski definition) is 6. The minimum Gasteiger partial charge on any atom is -0.493 e. The van der Waals surface area contributed by atoms with Crippen molar-refractivity contribution in [3.8, 4) is 11.5 Å². The average Bonchev–Trinajstić information content (AvgIpc) is 3.40. The molecule has 2 aliphatic rings. The van der Waals surface area contributed by atoms with Crippen LogP contribution in [0.5, 0.6) is 11.5 Å². The molecule has 2 aliphatic heterocycles. The number of sulfonamides is 1. The number of nitrogens with zero attached hydrogens (tertiary/aromatic N) is 2. The molecule has 0 fully saturated rings. The lowest BCUT2D eigenvalue weighted by molar-refractivity contribution is 0.0612. The highest BCUT2D eigenvalue weighted by atomic mass is 32.2. The van der Waals surface area contributed by atoms with E-state index in [1.807, 2.05) is 30.3 Å².